The molecule has 1 aromatic carbocycles. The number of nitrogens with zero attached hydrogens (tertiary/aromatic N) is 1. The number of benzene rings is 1. The van der Waals surface area contributed by atoms with Gasteiger partial charge in [0.2, 0.25) is 0 Å². The summed E-state index contributed by atoms with van der Waals surface area (Å²) in [6.07, 6.45) is 0. The summed E-state index contributed by atoms with van der Waals surface area (Å²) in [7, 11) is 1.62. The van der Waals surface area contributed by atoms with Crippen molar-refractivity contribution in [1.29, 1.82) is 0 Å². The zero-order chi connectivity index (χ0) is 17.7. The molecule has 0 bridgehead atoms. The minimum absolute atomic E-state index is 0.0722. The summed E-state index contributed by atoms with van der Waals surface area (Å²) in [5.74, 6) is 2.10. The molecule has 0 spiro atoms. The normalized spacial score (nSPS) is 11.6. The van der Waals surface area contributed by atoms with Crippen molar-refractivity contribution < 1.29 is 19.1 Å². The van der Waals surface area contributed by atoms with E-state index in [9.17, 15) is 5.11 Å². The fourth-order valence-electron chi connectivity index (χ4n) is 2.20. The van der Waals surface area contributed by atoms with Crippen LogP contribution in [0.1, 0.15) is 36.4 Å². The molecule has 1 aromatic heterocycles. The molecule has 0 unspecified atom stereocenters. The van der Waals surface area contributed by atoms with Crippen LogP contribution in [0.2, 0.25) is 0 Å². The fraction of sp³-hybridized carbons (Fsp3) is 0.500. The molecular formula is C18H26N2O4. The number of ether oxygens (including phenoxy) is 2. The number of hydrogen-bond donors (Lipinski definition) is 2. The van der Waals surface area contributed by atoms with Gasteiger partial charge in [-0.05, 0) is 45.4 Å². The van der Waals surface area contributed by atoms with Crippen molar-refractivity contribution >= 4 is 0 Å². The molecule has 2 N–H and O–H groups in total. The summed E-state index contributed by atoms with van der Waals surface area (Å²) in [4.78, 5) is 0. The number of rotatable bonds is 8. The van der Waals surface area contributed by atoms with Crippen molar-refractivity contribution in [3.63, 3.8) is 0 Å². The van der Waals surface area contributed by atoms with Gasteiger partial charge < -0.3 is 24.4 Å². The van der Waals surface area contributed by atoms with Crippen LogP contribution in [-0.4, -0.2) is 29.5 Å². The first-order valence-corrected chi connectivity index (χ1v) is 7.93. The summed E-state index contributed by atoms with van der Waals surface area (Å²) in [6.45, 7) is 8.75. The monoisotopic (exact) mass is 334 g/mol. The lowest BCUT2D eigenvalue weighted by Gasteiger charge is -2.23. The molecule has 0 aliphatic carbocycles. The van der Waals surface area contributed by atoms with E-state index in [1.165, 1.54) is 0 Å². The maximum Gasteiger partial charge on any atom is 0.161 e. The van der Waals surface area contributed by atoms with Crippen LogP contribution < -0.4 is 14.8 Å². The molecule has 2 rings (SSSR count). The molecule has 0 aliphatic heterocycles. The van der Waals surface area contributed by atoms with Crippen LogP contribution in [0.5, 0.6) is 11.5 Å². The number of hydrogen-bond acceptors (Lipinski definition) is 6. The van der Waals surface area contributed by atoms with Crippen LogP contribution >= 0.6 is 0 Å². The predicted octanol–water partition coefficient (Wildman–Crippen LogP) is 2.74. The third kappa shape index (κ3) is 4.49. The Morgan fingerprint density at radius 1 is 1.25 bits per heavy atom. The Balaban J connectivity index is 2.06. The maximum atomic E-state index is 9.30. The Labute approximate surface area is 142 Å². The summed E-state index contributed by atoms with van der Waals surface area (Å²) in [6, 6.07) is 5.80. The Bertz CT molecular complexity index is 660. The molecule has 0 radical (unpaired) electrons. The van der Waals surface area contributed by atoms with E-state index in [0.29, 0.717) is 24.7 Å². The lowest BCUT2D eigenvalue weighted by atomic mass is 10.1. The lowest BCUT2D eigenvalue weighted by molar-refractivity contribution is 0.187. The second kappa shape index (κ2) is 7.68. The van der Waals surface area contributed by atoms with Gasteiger partial charge in [0.15, 0.2) is 11.5 Å². The zero-order valence-corrected chi connectivity index (χ0v) is 15.0. The van der Waals surface area contributed by atoms with Gasteiger partial charge in [-0.25, -0.2) is 0 Å². The van der Waals surface area contributed by atoms with Crippen molar-refractivity contribution in [2.24, 2.45) is 0 Å². The van der Waals surface area contributed by atoms with Gasteiger partial charge in [0.1, 0.15) is 12.4 Å². The first kappa shape index (κ1) is 18.3. The lowest BCUT2D eigenvalue weighted by Crippen LogP contribution is -2.42. The molecule has 6 heteroatoms. The minimum atomic E-state index is -0.328. The van der Waals surface area contributed by atoms with Crippen molar-refractivity contribution in [3.8, 4) is 11.5 Å². The Hall–Kier alpha value is -2.05. The van der Waals surface area contributed by atoms with Crippen LogP contribution in [0.15, 0.2) is 22.7 Å². The van der Waals surface area contributed by atoms with Crippen LogP contribution in [-0.2, 0) is 13.2 Å². The van der Waals surface area contributed by atoms with E-state index in [4.69, 9.17) is 14.0 Å². The standard InChI is InChI=1S/C18H26N2O4/c1-12-15(13(2)24-20-12)10-23-16-7-6-14(8-17(16)22-5)9-19-18(3,4)11-21/h6-8,19,21H,9-11H2,1-5H3. The van der Waals surface area contributed by atoms with E-state index in [0.717, 1.165) is 22.6 Å². The van der Waals surface area contributed by atoms with Crippen molar-refractivity contribution in [2.45, 2.75) is 46.4 Å². The van der Waals surface area contributed by atoms with Gasteiger partial charge in [0.05, 0.1) is 25.0 Å². The Morgan fingerprint density at radius 2 is 2.00 bits per heavy atom. The summed E-state index contributed by atoms with van der Waals surface area (Å²) in [5, 5.41) is 16.5. The quantitative estimate of drug-likeness (QED) is 0.773. The third-order valence-electron chi connectivity index (χ3n) is 3.95. The number of aliphatic hydroxyl groups excluding tert-OH is 1. The molecule has 0 saturated heterocycles. The van der Waals surface area contributed by atoms with E-state index in [2.05, 4.69) is 10.5 Å². The first-order chi connectivity index (χ1) is 11.4. The van der Waals surface area contributed by atoms with Gasteiger partial charge in [-0.15, -0.1) is 0 Å². The van der Waals surface area contributed by atoms with Crippen LogP contribution in [0.25, 0.3) is 0 Å². The van der Waals surface area contributed by atoms with Crippen molar-refractivity contribution in [3.05, 3.63) is 40.8 Å². The average Bonchev–Trinajstić information content (AvgIpc) is 2.89. The van der Waals surface area contributed by atoms with E-state index >= 15 is 0 Å². The molecule has 2 aromatic rings. The molecule has 0 aliphatic rings. The van der Waals surface area contributed by atoms with E-state index in [-0.39, 0.29) is 12.1 Å². The van der Waals surface area contributed by atoms with Gasteiger partial charge in [-0.3, -0.25) is 0 Å². The smallest absolute Gasteiger partial charge is 0.161 e. The highest BCUT2D eigenvalue weighted by Crippen LogP contribution is 2.29. The van der Waals surface area contributed by atoms with E-state index < -0.39 is 0 Å². The first-order valence-electron chi connectivity index (χ1n) is 7.93. The van der Waals surface area contributed by atoms with Gasteiger partial charge in [-0.1, -0.05) is 11.2 Å². The summed E-state index contributed by atoms with van der Waals surface area (Å²) in [5.41, 5.74) is 2.51. The van der Waals surface area contributed by atoms with Crippen LogP contribution in [0, 0.1) is 13.8 Å². The van der Waals surface area contributed by atoms with Gasteiger partial charge in [0.25, 0.3) is 0 Å². The number of nitrogens with one attached hydrogen (secondary N) is 1. The number of aryl methyl sites for hydroxylation is 2. The Kier molecular flexibility index (Phi) is 5.85. The summed E-state index contributed by atoms with van der Waals surface area (Å²) >= 11 is 0. The minimum Gasteiger partial charge on any atom is -0.493 e. The van der Waals surface area contributed by atoms with Crippen molar-refractivity contribution in [2.75, 3.05) is 13.7 Å². The maximum absolute atomic E-state index is 9.30. The van der Waals surface area contributed by atoms with E-state index in [1.54, 1.807) is 7.11 Å². The molecule has 132 valence electrons. The molecule has 0 amide bonds. The molecule has 1 heterocycles. The van der Waals surface area contributed by atoms with E-state index in [1.807, 2.05) is 45.9 Å². The number of aromatic nitrogens is 1. The van der Waals surface area contributed by atoms with Crippen LogP contribution in [0.4, 0.5) is 0 Å². The second-order valence-electron chi connectivity index (χ2n) is 6.47. The zero-order valence-electron chi connectivity index (χ0n) is 15.0. The third-order valence-corrected chi connectivity index (χ3v) is 3.95. The van der Waals surface area contributed by atoms with Crippen molar-refractivity contribution in [1.82, 2.24) is 10.5 Å². The highest BCUT2D eigenvalue weighted by molar-refractivity contribution is 5.43. The van der Waals surface area contributed by atoms with Gasteiger partial charge in [0, 0.05) is 12.1 Å². The highest BCUT2D eigenvalue weighted by Gasteiger charge is 2.16. The van der Waals surface area contributed by atoms with Gasteiger partial charge >= 0.3 is 0 Å². The second-order valence-corrected chi connectivity index (χ2v) is 6.47. The largest absolute Gasteiger partial charge is 0.493 e. The molecule has 24 heavy (non-hydrogen) atoms. The fourth-order valence-corrected chi connectivity index (χ4v) is 2.20. The molecular weight excluding hydrogens is 308 g/mol. The predicted molar refractivity (Wildman–Crippen MR) is 91.3 cm³/mol. The molecule has 0 fully saturated rings. The average molecular weight is 334 g/mol. The SMILES string of the molecule is COc1cc(CNC(C)(C)CO)ccc1OCc1c(C)noc1C. The summed E-state index contributed by atoms with van der Waals surface area (Å²) < 4.78 is 16.4. The van der Waals surface area contributed by atoms with Crippen LogP contribution in [0.3, 0.4) is 0 Å². The topological polar surface area (TPSA) is 76.8 Å². The molecule has 0 saturated carbocycles. The number of aliphatic hydroxyl groups is 1. The molecule has 0 atom stereocenters. The molecule has 6 nitrogen and oxygen atoms in total. The highest BCUT2D eigenvalue weighted by atomic mass is 16.5. The Morgan fingerprint density at radius 3 is 2.58 bits per heavy atom. The van der Waals surface area contributed by atoms with Gasteiger partial charge in [-0.2, -0.15) is 0 Å². The number of methoxy groups -OCH3 is 1.